The third kappa shape index (κ3) is 3.01. The van der Waals surface area contributed by atoms with Gasteiger partial charge in [0.15, 0.2) is 0 Å². The molecule has 0 fully saturated rings. The minimum Gasteiger partial charge on any atom is -0.268 e. The van der Waals surface area contributed by atoms with Gasteiger partial charge < -0.3 is 0 Å². The number of aromatic nitrogens is 1. The lowest BCUT2D eigenvalue weighted by molar-refractivity contribution is 0.512. The molecule has 0 N–H and O–H groups in total. The number of alkyl halides is 2. The highest BCUT2D eigenvalue weighted by Crippen LogP contribution is 2.21. The molecule has 3 unspecified atom stereocenters. The van der Waals surface area contributed by atoms with Gasteiger partial charge in [-0.1, -0.05) is 11.5 Å². The van der Waals surface area contributed by atoms with Crippen LogP contribution in [0.25, 0.3) is 0 Å². The van der Waals surface area contributed by atoms with Gasteiger partial charge in [-0.2, -0.15) is 0 Å². The average molecular weight is 254 g/mol. The molecule has 0 spiro atoms. The second-order valence-corrected chi connectivity index (χ2v) is 5.48. The summed E-state index contributed by atoms with van der Waals surface area (Å²) in [6.45, 7) is 3.84. The van der Waals surface area contributed by atoms with Crippen LogP contribution < -0.4 is 5.56 Å². The van der Waals surface area contributed by atoms with Gasteiger partial charge in [-0.3, -0.25) is 8.75 Å². The molecule has 1 aromatic rings. The van der Waals surface area contributed by atoms with Crippen LogP contribution in [0.2, 0.25) is 0 Å². The van der Waals surface area contributed by atoms with E-state index in [4.69, 9.17) is 23.2 Å². The van der Waals surface area contributed by atoms with Gasteiger partial charge in [-0.25, -0.2) is 0 Å². The molecule has 5 heteroatoms. The SMILES string of the molecule is CC(Cl)C(Cl)CC(C)n1sccc1=O. The normalized spacial score (nSPS) is 17.7. The van der Waals surface area contributed by atoms with E-state index in [1.54, 1.807) is 15.4 Å². The van der Waals surface area contributed by atoms with Crippen molar-refractivity contribution in [1.82, 2.24) is 3.96 Å². The summed E-state index contributed by atoms with van der Waals surface area (Å²) >= 11 is 13.3. The molecule has 0 aliphatic heterocycles. The summed E-state index contributed by atoms with van der Waals surface area (Å²) in [4.78, 5) is 11.3. The van der Waals surface area contributed by atoms with E-state index in [0.717, 1.165) is 0 Å². The molecule has 0 radical (unpaired) electrons. The molecule has 0 saturated carbocycles. The van der Waals surface area contributed by atoms with Crippen LogP contribution in [0.3, 0.4) is 0 Å². The minimum atomic E-state index is -0.0966. The maximum absolute atomic E-state index is 11.3. The predicted octanol–water partition coefficient (Wildman–Crippen LogP) is 3.10. The lowest BCUT2D eigenvalue weighted by Crippen LogP contribution is -2.22. The van der Waals surface area contributed by atoms with E-state index in [0.29, 0.717) is 6.42 Å². The van der Waals surface area contributed by atoms with Crippen molar-refractivity contribution >= 4 is 34.7 Å². The zero-order chi connectivity index (χ0) is 10.7. The lowest BCUT2D eigenvalue weighted by atomic mass is 10.1. The lowest BCUT2D eigenvalue weighted by Gasteiger charge is -2.17. The van der Waals surface area contributed by atoms with Crippen LogP contribution in [0.5, 0.6) is 0 Å². The van der Waals surface area contributed by atoms with Crippen LogP contribution in [-0.4, -0.2) is 14.7 Å². The first-order valence-corrected chi connectivity index (χ1v) is 6.18. The second-order valence-electron chi connectivity index (χ2n) is 3.35. The highest BCUT2D eigenvalue weighted by Gasteiger charge is 2.17. The van der Waals surface area contributed by atoms with Crippen molar-refractivity contribution in [2.45, 2.75) is 37.1 Å². The van der Waals surface area contributed by atoms with Gasteiger partial charge in [0.2, 0.25) is 0 Å². The first-order valence-electron chi connectivity index (χ1n) is 4.47. The quantitative estimate of drug-likeness (QED) is 0.757. The maximum atomic E-state index is 11.3. The van der Waals surface area contributed by atoms with Crippen molar-refractivity contribution in [3.63, 3.8) is 0 Å². The molecule has 0 saturated heterocycles. The van der Waals surface area contributed by atoms with Gasteiger partial charge in [0.1, 0.15) is 0 Å². The molecule has 0 aliphatic rings. The van der Waals surface area contributed by atoms with Gasteiger partial charge in [0, 0.05) is 22.9 Å². The van der Waals surface area contributed by atoms with Crippen LogP contribution >= 0.6 is 34.7 Å². The van der Waals surface area contributed by atoms with Crippen molar-refractivity contribution < 1.29 is 0 Å². The zero-order valence-corrected chi connectivity index (χ0v) is 10.4. The van der Waals surface area contributed by atoms with E-state index in [1.807, 2.05) is 13.8 Å². The molecule has 1 rings (SSSR count). The highest BCUT2D eigenvalue weighted by molar-refractivity contribution is 7.04. The molecule has 3 atom stereocenters. The molecule has 0 aliphatic carbocycles. The molecule has 1 heterocycles. The Morgan fingerprint density at radius 2 is 2.14 bits per heavy atom. The van der Waals surface area contributed by atoms with Gasteiger partial charge in [-0.05, 0) is 20.3 Å². The summed E-state index contributed by atoms with van der Waals surface area (Å²) < 4.78 is 1.72. The standard InChI is InChI=1S/C9H13Cl2NOS/c1-6(5-8(11)7(2)10)12-9(13)3-4-14-12/h3-4,6-8H,5H2,1-2H3. The van der Waals surface area contributed by atoms with E-state index in [1.165, 1.54) is 11.5 Å². The molecule has 0 bridgehead atoms. The summed E-state index contributed by atoms with van der Waals surface area (Å²) in [5, 5.41) is 1.61. The second kappa shape index (κ2) is 5.19. The molecule has 0 aromatic carbocycles. The molecule has 80 valence electrons. The van der Waals surface area contributed by atoms with Gasteiger partial charge in [0.25, 0.3) is 5.56 Å². The van der Waals surface area contributed by atoms with Crippen molar-refractivity contribution in [3.05, 3.63) is 21.8 Å². The Kier molecular flexibility index (Phi) is 4.48. The van der Waals surface area contributed by atoms with Crippen LogP contribution in [0.15, 0.2) is 16.2 Å². The Labute approximate surface area is 97.6 Å². The molecule has 2 nitrogen and oxygen atoms in total. The van der Waals surface area contributed by atoms with Crippen LogP contribution in [0.4, 0.5) is 0 Å². The van der Waals surface area contributed by atoms with Gasteiger partial charge in [0.05, 0.1) is 5.38 Å². The van der Waals surface area contributed by atoms with E-state index in [2.05, 4.69) is 0 Å². The zero-order valence-electron chi connectivity index (χ0n) is 8.11. The molecular formula is C9H13Cl2NOS. The molecular weight excluding hydrogens is 241 g/mol. The number of hydrogen-bond donors (Lipinski definition) is 0. The van der Waals surface area contributed by atoms with Gasteiger partial charge >= 0.3 is 0 Å². The van der Waals surface area contributed by atoms with E-state index in [-0.39, 0.29) is 22.4 Å². The van der Waals surface area contributed by atoms with E-state index < -0.39 is 0 Å². The third-order valence-corrected chi connectivity index (χ3v) is 4.08. The summed E-state index contributed by atoms with van der Waals surface area (Å²) in [7, 11) is 0. The first-order chi connectivity index (χ1) is 6.52. The predicted molar refractivity (Wildman–Crippen MR) is 62.9 cm³/mol. The van der Waals surface area contributed by atoms with Crippen LogP contribution in [-0.2, 0) is 0 Å². The average Bonchev–Trinajstić information content (AvgIpc) is 2.51. The Balaban J connectivity index is 2.64. The monoisotopic (exact) mass is 253 g/mol. The van der Waals surface area contributed by atoms with Gasteiger partial charge in [-0.15, -0.1) is 23.2 Å². The van der Waals surface area contributed by atoms with Crippen LogP contribution in [0, 0.1) is 0 Å². The number of nitrogens with zero attached hydrogens (tertiary/aromatic N) is 1. The van der Waals surface area contributed by atoms with Crippen LogP contribution in [0.1, 0.15) is 26.3 Å². The fourth-order valence-corrected chi connectivity index (χ4v) is 2.34. The smallest absolute Gasteiger partial charge is 0.260 e. The Morgan fingerprint density at radius 3 is 2.57 bits per heavy atom. The summed E-state index contributed by atoms with van der Waals surface area (Å²) in [5.74, 6) is 0. The Bertz CT molecular complexity index is 334. The summed E-state index contributed by atoms with van der Waals surface area (Å²) in [6, 6.07) is 1.68. The fraction of sp³-hybridized carbons (Fsp3) is 0.667. The Hall–Kier alpha value is 0.01000. The molecule has 0 amide bonds. The van der Waals surface area contributed by atoms with Crippen molar-refractivity contribution in [2.75, 3.05) is 0 Å². The number of rotatable bonds is 4. The van der Waals surface area contributed by atoms with Crippen molar-refractivity contribution in [3.8, 4) is 0 Å². The van der Waals surface area contributed by atoms with Crippen molar-refractivity contribution in [1.29, 1.82) is 0 Å². The van der Waals surface area contributed by atoms with Crippen molar-refractivity contribution in [2.24, 2.45) is 0 Å². The van der Waals surface area contributed by atoms with E-state index in [9.17, 15) is 4.79 Å². The third-order valence-electron chi connectivity index (χ3n) is 2.07. The first kappa shape index (κ1) is 12.1. The minimum absolute atomic E-state index is 0.0357. The van der Waals surface area contributed by atoms with E-state index >= 15 is 0 Å². The highest BCUT2D eigenvalue weighted by atomic mass is 35.5. The number of halogens is 2. The largest absolute Gasteiger partial charge is 0.268 e. The fourth-order valence-electron chi connectivity index (χ4n) is 1.21. The topological polar surface area (TPSA) is 22.0 Å². The number of hydrogen-bond acceptors (Lipinski definition) is 2. The maximum Gasteiger partial charge on any atom is 0.260 e. The summed E-state index contributed by atoms with van der Waals surface area (Å²) in [6.07, 6.45) is 0.715. The molecule has 14 heavy (non-hydrogen) atoms. The molecule has 1 aromatic heterocycles. The summed E-state index contributed by atoms with van der Waals surface area (Å²) in [5.41, 5.74) is 0.0357. The Morgan fingerprint density at radius 1 is 1.50 bits per heavy atom.